The van der Waals surface area contributed by atoms with Crippen molar-refractivity contribution in [2.24, 2.45) is 23.2 Å². The van der Waals surface area contributed by atoms with E-state index in [0.717, 1.165) is 0 Å². The van der Waals surface area contributed by atoms with E-state index in [4.69, 9.17) is 5.11 Å². The van der Waals surface area contributed by atoms with Crippen molar-refractivity contribution in [1.29, 1.82) is 0 Å². The van der Waals surface area contributed by atoms with Crippen molar-refractivity contribution in [1.82, 2.24) is 0 Å². The van der Waals surface area contributed by atoms with Gasteiger partial charge in [-0.1, -0.05) is 41.5 Å². The van der Waals surface area contributed by atoms with E-state index in [1.165, 1.54) is 0 Å². The smallest absolute Gasteiger partial charge is 0.158 e. The van der Waals surface area contributed by atoms with Crippen LogP contribution in [0, 0.1) is 23.2 Å². The summed E-state index contributed by atoms with van der Waals surface area (Å²) in [5, 5.41) is 8.82. The van der Waals surface area contributed by atoms with Gasteiger partial charge in [-0.2, -0.15) is 0 Å². The molecule has 0 radical (unpaired) electrons. The lowest BCUT2D eigenvalue weighted by molar-refractivity contribution is -0.124. The quantitative estimate of drug-likeness (QED) is 0.738. The van der Waals surface area contributed by atoms with Gasteiger partial charge in [0.05, 0.1) is 0 Å². The molecule has 0 aliphatic heterocycles. The first-order chi connectivity index (χ1) is 6.73. The zero-order chi connectivity index (χ0) is 12.2. The van der Waals surface area contributed by atoms with Gasteiger partial charge in [-0.05, 0) is 23.2 Å². The van der Waals surface area contributed by atoms with Gasteiger partial charge in [0, 0.05) is 6.42 Å². The molecule has 0 aromatic rings. The largest absolute Gasteiger partial charge is 0.389 e. The molecule has 2 heteroatoms. The molecule has 2 nitrogen and oxygen atoms in total. The Morgan fingerprint density at radius 2 is 1.67 bits per heavy atom. The fourth-order valence-corrected chi connectivity index (χ4v) is 2.10. The van der Waals surface area contributed by atoms with Crippen LogP contribution < -0.4 is 0 Å². The molecule has 0 saturated heterocycles. The lowest BCUT2D eigenvalue weighted by Gasteiger charge is -2.40. The Morgan fingerprint density at radius 1 is 1.20 bits per heavy atom. The van der Waals surface area contributed by atoms with Crippen molar-refractivity contribution >= 4 is 5.78 Å². The highest BCUT2D eigenvalue weighted by Crippen LogP contribution is 2.41. The van der Waals surface area contributed by atoms with Gasteiger partial charge in [-0.25, -0.2) is 0 Å². The van der Waals surface area contributed by atoms with Crippen LogP contribution in [0.2, 0.25) is 0 Å². The Kier molecular flexibility index (Phi) is 5.50. The number of aliphatic hydroxyl groups is 1. The molecule has 0 spiro atoms. The highest BCUT2D eigenvalue weighted by molar-refractivity contribution is 5.79. The molecule has 15 heavy (non-hydrogen) atoms. The SMILES string of the molecule is CC(C)C(CC(=O)CO)C(C)(C)C(C)C. The number of rotatable bonds is 6. The highest BCUT2D eigenvalue weighted by atomic mass is 16.3. The summed E-state index contributed by atoms with van der Waals surface area (Å²) in [4.78, 5) is 11.3. The van der Waals surface area contributed by atoms with Gasteiger partial charge in [0.1, 0.15) is 6.61 Å². The summed E-state index contributed by atoms with van der Waals surface area (Å²) < 4.78 is 0. The Balaban J connectivity index is 4.73. The van der Waals surface area contributed by atoms with Gasteiger partial charge >= 0.3 is 0 Å². The summed E-state index contributed by atoms with van der Waals surface area (Å²) in [6.45, 7) is 12.8. The molecule has 1 unspecified atom stereocenters. The summed E-state index contributed by atoms with van der Waals surface area (Å²) in [5.74, 6) is 1.31. The number of hydrogen-bond acceptors (Lipinski definition) is 2. The van der Waals surface area contributed by atoms with Crippen molar-refractivity contribution in [3.8, 4) is 0 Å². The van der Waals surface area contributed by atoms with Gasteiger partial charge in [-0.3, -0.25) is 4.79 Å². The molecule has 0 aromatic heterocycles. The minimum Gasteiger partial charge on any atom is -0.389 e. The van der Waals surface area contributed by atoms with Crippen molar-refractivity contribution < 1.29 is 9.90 Å². The van der Waals surface area contributed by atoms with Crippen LogP contribution in [-0.4, -0.2) is 17.5 Å². The van der Waals surface area contributed by atoms with Crippen LogP contribution in [0.4, 0.5) is 0 Å². The van der Waals surface area contributed by atoms with E-state index in [-0.39, 0.29) is 17.8 Å². The number of ketones is 1. The van der Waals surface area contributed by atoms with Crippen LogP contribution in [0.3, 0.4) is 0 Å². The molecule has 1 atom stereocenters. The molecule has 0 heterocycles. The summed E-state index contributed by atoms with van der Waals surface area (Å²) in [6, 6.07) is 0. The number of Topliss-reactive ketones (excluding diaryl/α,β-unsaturated/α-hetero) is 1. The number of hydrogen-bond donors (Lipinski definition) is 1. The van der Waals surface area contributed by atoms with Crippen LogP contribution in [0.5, 0.6) is 0 Å². The Hall–Kier alpha value is -0.370. The van der Waals surface area contributed by atoms with Gasteiger partial charge in [0.2, 0.25) is 0 Å². The molecule has 0 amide bonds. The van der Waals surface area contributed by atoms with Crippen LogP contribution in [-0.2, 0) is 4.79 Å². The molecular weight excluding hydrogens is 188 g/mol. The van der Waals surface area contributed by atoms with E-state index >= 15 is 0 Å². The average Bonchev–Trinajstić information content (AvgIpc) is 2.12. The minimum absolute atomic E-state index is 0.0394. The molecule has 1 N–H and O–H groups in total. The number of carbonyl (C=O) groups excluding carboxylic acids is 1. The third-order valence-corrected chi connectivity index (χ3v) is 3.87. The van der Waals surface area contributed by atoms with Crippen molar-refractivity contribution in [2.45, 2.75) is 48.0 Å². The van der Waals surface area contributed by atoms with Crippen LogP contribution >= 0.6 is 0 Å². The third-order valence-electron chi connectivity index (χ3n) is 3.87. The van der Waals surface area contributed by atoms with E-state index in [2.05, 4.69) is 41.5 Å². The molecule has 0 saturated carbocycles. The summed E-state index contributed by atoms with van der Waals surface area (Å²) in [5.41, 5.74) is 0.138. The van der Waals surface area contributed by atoms with Crippen molar-refractivity contribution in [2.75, 3.05) is 6.61 Å². The van der Waals surface area contributed by atoms with Crippen LogP contribution in [0.25, 0.3) is 0 Å². The molecular formula is C13H26O2. The Morgan fingerprint density at radius 3 is 1.93 bits per heavy atom. The minimum atomic E-state index is -0.322. The van der Waals surface area contributed by atoms with E-state index in [1.807, 2.05) is 0 Å². The molecule has 0 aliphatic rings. The normalized spacial score (nSPS) is 14.7. The van der Waals surface area contributed by atoms with Gasteiger partial charge in [0.15, 0.2) is 5.78 Å². The van der Waals surface area contributed by atoms with Gasteiger partial charge in [0.25, 0.3) is 0 Å². The van der Waals surface area contributed by atoms with Gasteiger partial charge in [-0.15, -0.1) is 0 Å². The second-order valence-corrected chi connectivity index (χ2v) is 5.73. The van der Waals surface area contributed by atoms with Crippen molar-refractivity contribution in [3.05, 3.63) is 0 Å². The van der Waals surface area contributed by atoms with E-state index in [0.29, 0.717) is 24.2 Å². The first-order valence-corrected chi connectivity index (χ1v) is 5.86. The lowest BCUT2D eigenvalue weighted by atomic mass is 9.65. The second-order valence-electron chi connectivity index (χ2n) is 5.73. The molecule has 0 rings (SSSR count). The topological polar surface area (TPSA) is 37.3 Å². The predicted molar refractivity (Wildman–Crippen MR) is 63.7 cm³/mol. The molecule has 0 bridgehead atoms. The highest BCUT2D eigenvalue weighted by Gasteiger charge is 2.35. The van der Waals surface area contributed by atoms with Crippen LogP contribution in [0.15, 0.2) is 0 Å². The Bertz CT molecular complexity index is 205. The first kappa shape index (κ1) is 14.6. The molecule has 0 aromatic carbocycles. The molecule has 0 aliphatic carbocycles. The predicted octanol–water partition coefficient (Wildman–Crippen LogP) is 2.89. The number of carbonyl (C=O) groups is 1. The van der Waals surface area contributed by atoms with E-state index < -0.39 is 0 Å². The first-order valence-electron chi connectivity index (χ1n) is 5.86. The summed E-state index contributed by atoms with van der Waals surface area (Å²) in [6.07, 6.45) is 0.499. The monoisotopic (exact) mass is 214 g/mol. The maximum absolute atomic E-state index is 11.3. The fraction of sp³-hybridized carbons (Fsp3) is 0.923. The maximum Gasteiger partial charge on any atom is 0.158 e. The Labute approximate surface area is 94.1 Å². The standard InChI is InChI=1S/C13H26O2/c1-9(2)12(7-11(15)8-14)13(5,6)10(3)4/h9-10,12,14H,7-8H2,1-6H3. The average molecular weight is 214 g/mol. The number of aliphatic hydroxyl groups excluding tert-OH is 1. The van der Waals surface area contributed by atoms with E-state index in [1.54, 1.807) is 0 Å². The molecule has 90 valence electrons. The summed E-state index contributed by atoms with van der Waals surface area (Å²) >= 11 is 0. The maximum atomic E-state index is 11.3. The van der Waals surface area contributed by atoms with Crippen molar-refractivity contribution in [3.63, 3.8) is 0 Å². The zero-order valence-corrected chi connectivity index (χ0v) is 11.0. The van der Waals surface area contributed by atoms with Crippen LogP contribution in [0.1, 0.15) is 48.0 Å². The second kappa shape index (κ2) is 5.64. The van der Waals surface area contributed by atoms with E-state index in [9.17, 15) is 4.79 Å². The zero-order valence-electron chi connectivity index (χ0n) is 11.0. The van der Waals surface area contributed by atoms with Gasteiger partial charge < -0.3 is 5.11 Å². The molecule has 0 fully saturated rings. The summed E-state index contributed by atoms with van der Waals surface area (Å²) in [7, 11) is 0. The lowest BCUT2D eigenvalue weighted by Crippen LogP contribution is -2.35. The third kappa shape index (κ3) is 3.94. The fourth-order valence-electron chi connectivity index (χ4n) is 2.10.